The summed E-state index contributed by atoms with van der Waals surface area (Å²) in [6, 6.07) is 7.75. The van der Waals surface area contributed by atoms with Crippen LogP contribution >= 0.6 is 57.6 Å². The second-order valence-electron chi connectivity index (χ2n) is 4.53. The standard InChI is InChI=1S/C14H13Cl2IN2S/c1-8(2)13-12(17)14(16)19-11(18-13)7-20-10-5-3-4-9(15)6-10/h3-6,8H,7H2,1-2H3. The van der Waals surface area contributed by atoms with E-state index in [9.17, 15) is 0 Å². The first-order valence-corrected chi connectivity index (χ1v) is 8.89. The van der Waals surface area contributed by atoms with Gasteiger partial charge in [0.2, 0.25) is 0 Å². The van der Waals surface area contributed by atoms with Crippen molar-refractivity contribution in [3.63, 3.8) is 0 Å². The Labute approximate surface area is 146 Å². The molecule has 0 aliphatic carbocycles. The van der Waals surface area contributed by atoms with Crippen LogP contribution in [0.25, 0.3) is 0 Å². The largest absolute Gasteiger partial charge is 0.236 e. The number of aromatic nitrogens is 2. The number of benzene rings is 1. The summed E-state index contributed by atoms with van der Waals surface area (Å²) < 4.78 is 0.941. The zero-order chi connectivity index (χ0) is 14.7. The molecule has 20 heavy (non-hydrogen) atoms. The highest BCUT2D eigenvalue weighted by Crippen LogP contribution is 2.28. The first-order valence-electron chi connectivity index (χ1n) is 6.07. The lowest BCUT2D eigenvalue weighted by molar-refractivity contribution is 0.790. The van der Waals surface area contributed by atoms with Gasteiger partial charge in [-0.25, -0.2) is 9.97 Å². The molecule has 0 spiro atoms. The molecule has 0 bridgehead atoms. The second kappa shape index (κ2) is 7.29. The summed E-state index contributed by atoms with van der Waals surface area (Å²) in [6.07, 6.45) is 0. The fourth-order valence-corrected chi connectivity index (χ4v) is 3.76. The molecule has 1 aromatic heterocycles. The molecule has 1 heterocycles. The lowest BCUT2D eigenvalue weighted by atomic mass is 10.1. The number of rotatable bonds is 4. The van der Waals surface area contributed by atoms with Crippen LogP contribution in [0.15, 0.2) is 29.2 Å². The molecule has 2 nitrogen and oxygen atoms in total. The molecule has 0 aliphatic rings. The average molecular weight is 439 g/mol. The number of hydrogen-bond acceptors (Lipinski definition) is 3. The quantitative estimate of drug-likeness (QED) is 0.342. The summed E-state index contributed by atoms with van der Waals surface area (Å²) in [6.45, 7) is 4.21. The van der Waals surface area contributed by atoms with Crippen LogP contribution in [0.5, 0.6) is 0 Å². The van der Waals surface area contributed by atoms with Crippen molar-refractivity contribution in [3.8, 4) is 0 Å². The summed E-state index contributed by atoms with van der Waals surface area (Å²) in [5, 5.41) is 1.27. The van der Waals surface area contributed by atoms with Gasteiger partial charge in [-0.2, -0.15) is 0 Å². The van der Waals surface area contributed by atoms with Crippen LogP contribution < -0.4 is 0 Å². The van der Waals surface area contributed by atoms with E-state index in [4.69, 9.17) is 23.2 Å². The van der Waals surface area contributed by atoms with E-state index in [1.165, 1.54) is 0 Å². The van der Waals surface area contributed by atoms with Gasteiger partial charge < -0.3 is 0 Å². The summed E-state index contributed by atoms with van der Waals surface area (Å²) in [7, 11) is 0. The molecule has 0 amide bonds. The van der Waals surface area contributed by atoms with Gasteiger partial charge in [0.25, 0.3) is 0 Å². The number of hydrogen-bond donors (Lipinski definition) is 0. The molecular formula is C14H13Cl2IN2S. The van der Waals surface area contributed by atoms with Crippen molar-refractivity contribution in [1.29, 1.82) is 0 Å². The van der Waals surface area contributed by atoms with E-state index in [2.05, 4.69) is 46.4 Å². The van der Waals surface area contributed by atoms with Crippen molar-refractivity contribution in [2.24, 2.45) is 0 Å². The number of nitrogens with zero attached hydrogens (tertiary/aromatic N) is 2. The van der Waals surface area contributed by atoms with E-state index < -0.39 is 0 Å². The molecular weight excluding hydrogens is 426 g/mol. The average Bonchev–Trinajstić information content (AvgIpc) is 2.39. The molecule has 0 radical (unpaired) electrons. The summed E-state index contributed by atoms with van der Waals surface area (Å²) in [4.78, 5) is 10.1. The zero-order valence-electron chi connectivity index (χ0n) is 11.0. The molecule has 2 aromatic rings. The maximum absolute atomic E-state index is 6.18. The van der Waals surface area contributed by atoms with Crippen LogP contribution in [0.4, 0.5) is 0 Å². The van der Waals surface area contributed by atoms with Crippen molar-refractivity contribution in [2.45, 2.75) is 30.4 Å². The Hall–Kier alpha value is -0.0400. The highest BCUT2D eigenvalue weighted by atomic mass is 127. The Morgan fingerprint density at radius 2 is 2.00 bits per heavy atom. The van der Waals surface area contributed by atoms with Crippen LogP contribution in [0.3, 0.4) is 0 Å². The van der Waals surface area contributed by atoms with E-state index >= 15 is 0 Å². The van der Waals surface area contributed by atoms with Crippen molar-refractivity contribution in [3.05, 3.63) is 49.5 Å². The minimum Gasteiger partial charge on any atom is -0.236 e. The number of thioether (sulfide) groups is 1. The van der Waals surface area contributed by atoms with Gasteiger partial charge in [-0.3, -0.25) is 0 Å². The van der Waals surface area contributed by atoms with Crippen LogP contribution in [-0.4, -0.2) is 9.97 Å². The van der Waals surface area contributed by atoms with Gasteiger partial charge in [-0.1, -0.05) is 43.1 Å². The van der Waals surface area contributed by atoms with Gasteiger partial charge in [-0.15, -0.1) is 11.8 Å². The smallest absolute Gasteiger partial charge is 0.146 e. The molecule has 0 saturated heterocycles. The topological polar surface area (TPSA) is 25.8 Å². The van der Waals surface area contributed by atoms with Crippen molar-refractivity contribution < 1.29 is 0 Å². The van der Waals surface area contributed by atoms with Crippen LogP contribution in [-0.2, 0) is 5.75 Å². The minimum atomic E-state index is 0.331. The zero-order valence-corrected chi connectivity index (χ0v) is 15.5. The monoisotopic (exact) mass is 438 g/mol. The van der Waals surface area contributed by atoms with E-state index in [-0.39, 0.29) is 0 Å². The van der Waals surface area contributed by atoms with Gasteiger partial charge in [0.1, 0.15) is 11.0 Å². The van der Waals surface area contributed by atoms with Gasteiger partial charge in [0, 0.05) is 9.92 Å². The Morgan fingerprint density at radius 1 is 1.25 bits per heavy atom. The summed E-state index contributed by atoms with van der Waals surface area (Å²) in [5.41, 5.74) is 1.01. The maximum atomic E-state index is 6.18. The van der Waals surface area contributed by atoms with E-state index in [0.717, 1.165) is 25.0 Å². The minimum absolute atomic E-state index is 0.331. The predicted octanol–water partition coefficient (Wildman–Crippen LogP) is 5.80. The molecule has 0 atom stereocenters. The SMILES string of the molecule is CC(C)c1nc(CSc2cccc(Cl)c2)nc(Cl)c1I. The van der Waals surface area contributed by atoms with Gasteiger partial charge in [0.05, 0.1) is 15.0 Å². The fourth-order valence-electron chi connectivity index (χ4n) is 1.63. The van der Waals surface area contributed by atoms with Crippen molar-refractivity contribution >= 4 is 57.6 Å². The Balaban J connectivity index is 2.18. The third-order valence-corrected chi connectivity index (χ3v) is 5.47. The van der Waals surface area contributed by atoms with E-state index in [1.54, 1.807) is 11.8 Å². The maximum Gasteiger partial charge on any atom is 0.146 e. The highest BCUT2D eigenvalue weighted by Gasteiger charge is 2.13. The predicted molar refractivity (Wildman–Crippen MR) is 94.9 cm³/mol. The lowest BCUT2D eigenvalue weighted by Crippen LogP contribution is -2.04. The summed E-state index contributed by atoms with van der Waals surface area (Å²) >= 11 is 16.0. The first-order chi connectivity index (χ1) is 9.47. The Bertz CT molecular complexity index is 620. The molecule has 0 aliphatic heterocycles. The van der Waals surface area contributed by atoms with Gasteiger partial charge >= 0.3 is 0 Å². The van der Waals surface area contributed by atoms with Crippen molar-refractivity contribution in [2.75, 3.05) is 0 Å². The molecule has 0 fully saturated rings. The summed E-state index contributed by atoms with van der Waals surface area (Å²) in [5.74, 6) is 1.76. The van der Waals surface area contributed by atoms with Crippen LogP contribution in [0.1, 0.15) is 31.3 Å². The molecule has 106 valence electrons. The third kappa shape index (κ3) is 4.23. The molecule has 1 aromatic carbocycles. The Kier molecular flexibility index (Phi) is 5.95. The molecule has 0 unspecified atom stereocenters. The van der Waals surface area contributed by atoms with E-state index in [0.29, 0.717) is 16.8 Å². The van der Waals surface area contributed by atoms with Crippen molar-refractivity contribution in [1.82, 2.24) is 9.97 Å². The third-order valence-electron chi connectivity index (χ3n) is 2.59. The second-order valence-corrected chi connectivity index (χ2v) is 7.45. The normalized spacial score (nSPS) is 11.1. The molecule has 0 saturated carbocycles. The molecule has 2 rings (SSSR count). The molecule has 0 N–H and O–H groups in total. The fraction of sp³-hybridized carbons (Fsp3) is 0.286. The highest BCUT2D eigenvalue weighted by molar-refractivity contribution is 14.1. The van der Waals surface area contributed by atoms with Crippen LogP contribution in [0, 0.1) is 3.57 Å². The van der Waals surface area contributed by atoms with Crippen LogP contribution in [0.2, 0.25) is 10.2 Å². The molecule has 6 heteroatoms. The lowest BCUT2D eigenvalue weighted by Gasteiger charge is -2.10. The van der Waals surface area contributed by atoms with Gasteiger partial charge in [-0.05, 0) is 46.7 Å². The first kappa shape index (κ1) is 16.3. The number of halogens is 3. The van der Waals surface area contributed by atoms with E-state index in [1.807, 2.05) is 24.3 Å². The Morgan fingerprint density at radius 3 is 2.65 bits per heavy atom. The van der Waals surface area contributed by atoms with Gasteiger partial charge in [0.15, 0.2) is 0 Å².